The fourth-order valence-corrected chi connectivity index (χ4v) is 2.69. The van der Waals surface area contributed by atoms with Crippen molar-refractivity contribution in [2.75, 3.05) is 0 Å². The van der Waals surface area contributed by atoms with Crippen molar-refractivity contribution in [1.82, 2.24) is 4.98 Å². The Bertz CT molecular complexity index is 253. The van der Waals surface area contributed by atoms with Crippen molar-refractivity contribution in [3.63, 3.8) is 0 Å². The minimum atomic E-state index is 0.709. The summed E-state index contributed by atoms with van der Waals surface area (Å²) < 4.78 is 0.857. The first-order chi connectivity index (χ1) is 5.86. The van der Waals surface area contributed by atoms with Gasteiger partial charge in [0.2, 0.25) is 0 Å². The molecule has 12 heavy (non-hydrogen) atoms. The lowest BCUT2D eigenvalue weighted by molar-refractivity contribution is 0.442. The lowest BCUT2D eigenvalue weighted by Crippen LogP contribution is -2.03. The maximum absolute atomic E-state index is 5.64. The lowest BCUT2D eigenvalue weighted by atomic mass is 9.90. The van der Waals surface area contributed by atoms with Crippen LogP contribution in [-0.4, -0.2) is 12.8 Å². The fraction of sp³-hybridized carbons (Fsp3) is 0.667. The van der Waals surface area contributed by atoms with Crippen molar-refractivity contribution < 1.29 is 0 Å². The van der Waals surface area contributed by atoms with E-state index in [0.717, 1.165) is 4.78 Å². The maximum Gasteiger partial charge on any atom is 0.131 e. The van der Waals surface area contributed by atoms with Gasteiger partial charge in [0.1, 0.15) is 7.85 Å². The Hall–Kier alpha value is -0.305. The highest BCUT2D eigenvalue weighted by Crippen LogP contribution is 2.32. The standard InChI is InChI=1S/C9H12BNS/c10-8-6-11-9(12-8)7-4-2-1-3-5-7/h6-7H,1-5H2. The van der Waals surface area contributed by atoms with Crippen LogP contribution in [0.4, 0.5) is 0 Å². The Morgan fingerprint density at radius 3 is 2.67 bits per heavy atom. The van der Waals surface area contributed by atoms with Crippen molar-refractivity contribution in [2.45, 2.75) is 38.0 Å². The second kappa shape index (κ2) is 3.61. The third-order valence-corrected chi connectivity index (χ3v) is 3.48. The Morgan fingerprint density at radius 2 is 2.08 bits per heavy atom. The van der Waals surface area contributed by atoms with Crippen LogP contribution in [0.5, 0.6) is 0 Å². The second-order valence-corrected chi connectivity index (χ2v) is 4.53. The molecule has 0 amide bonds. The monoisotopic (exact) mass is 177 g/mol. The third-order valence-electron chi connectivity index (χ3n) is 2.50. The van der Waals surface area contributed by atoms with Gasteiger partial charge < -0.3 is 0 Å². The summed E-state index contributed by atoms with van der Waals surface area (Å²) in [6, 6.07) is 0. The van der Waals surface area contributed by atoms with Crippen LogP contribution in [0.25, 0.3) is 0 Å². The van der Waals surface area contributed by atoms with Crippen LogP contribution in [0.2, 0.25) is 0 Å². The van der Waals surface area contributed by atoms with E-state index in [0.29, 0.717) is 5.92 Å². The molecule has 1 fully saturated rings. The highest BCUT2D eigenvalue weighted by Gasteiger charge is 2.17. The largest absolute Gasteiger partial charge is 0.250 e. The minimum absolute atomic E-state index is 0.709. The summed E-state index contributed by atoms with van der Waals surface area (Å²) in [4.78, 5) is 4.33. The van der Waals surface area contributed by atoms with Gasteiger partial charge in [-0.3, -0.25) is 4.98 Å². The molecule has 1 aromatic heterocycles. The quantitative estimate of drug-likeness (QED) is 0.597. The number of aromatic nitrogens is 1. The topological polar surface area (TPSA) is 12.9 Å². The van der Waals surface area contributed by atoms with Crippen LogP contribution in [0.3, 0.4) is 0 Å². The molecule has 0 bridgehead atoms. The normalized spacial score (nSPS) is 19.7. The minimum Gasteiger partial charge on any atom is -0.250 e. The zero-order chi connectivity index (χ0) is 8.39. The van der Waals surface area contributed by atoms with Crippen molar-refractivity contribution in [3.8, 4) is 0 Å². The third kappa shape index (κ3) is 1.71. The van der Waals surface area contributed by atoms with Crippen LogP contribution in [0.15, 0.2) is 6.20 Å². The second-order valence-electron chi connectivity index (χ2n) is 3.44. The molecule has 1 aromatic rings. The molecule has 0 N–H and O–H groups in total. The first kappa shape index (κ1) is 8.30. The average molecular weight is 177 g/mol. The molecule has 1 aliphatic carbocycles. The van der Waals surface area contributed by atoms with Gasteiger partial charge >= 0.3 is 0 Å². The van der Waals surface area contributed by atoms with E-state index in [1.807, 2.05) is 0 Å². The van der Waals surface area contributed by atoms with E-state index in [-0.39, 0.29) is 0 Å². The summed E-state index contributed by atoms with van der Waals surface area (Å²) in [5.41, 5.74) is 0. The zero-order valence-electron chi connectivity index (χ0n) is 7.12. The lowest BCUT2D eigenvalue weighted by Gasteiger charge is -2.18. The van der Waals surface area contributed by atoms with E-state index in [1.165, 1.54) is 37.1 Å². The summed E-state index contributed by atoms with van der Waals surface area (Å²) in [6.45, 7) is 0. The van der Waals surface area contributed by atoms with Gasteiger partial charge in [-0.1, -0.05) is 19.3 Å². The first-order valence-electron chi connectivity index (χ1n) is 4.57. The van der Waals surface area contributed by atoms with E-state index in [1.54, 1.807) is 17.5 Å². The van der Waals surface area contributed by atoms with Crippen molar-refractivity contribution in [3.05, 3.63) is 11.2 Å². The molecule has 0 spiro atoms. The van der Waals surface area contributed by atoms with Crippen LogP contribution >= 0.6 is 11.3 Å². The number of thiazole rings is 1. The van der Waals surface area contributed by atoms with Crippen LogP contribution < -0.4 is 4.78 Å². The molecule has 1 saturated carbocycles. The van der Waals surface area contributed by atoms with Crippen LogP contribution in [0, 0.1) is 0 Å². The Kier molecular flexibility index (Phi) is 2.49. The van der Waals surface area contributed by atoms with E-state index >= 15 is 0 Å². The molecule has 1 heterocycles. The van der Waals surface area contributed by atoms with Gasteiger partial charge in [0.25, 0.3) is 0 Å². The molecular formula is C9H12BNS. The van der Waals surface area contributed by atoms with Gasteiger partial charge in [-0.15, -0.1) is 11.3 Å². The summed E-state index contributed by atoms with van der Waals surface area (Å²) in [6.07, 6.45) is 8.54. The number of rotatable bonds is 1. The average Bonchev–Trinajstić information content (AvgIpc) is 2.54. The van der Waals surface area contributed by atoms with Gasteiger partial charge in [0, 0.05) is 12.1 Å². The van der Waals surface area contributed by atoms with Crippen LogP contribution in [-0.2, 0) is 0 Å². The summed E-state index contributed by atoms with van der Waals surface area (Å²) >= 11 is 1.66. The van der Waals surface area contributed by atoms with Gasteiger partial charge in [-0.05, 0) is 17.6 Å². The maximum atomic E-state index is 5.64. The van der Waals surface area contributed by atoms with Crippen molar-refractivity contribution in [1.29, 1.82) is 0 Å². The van der Waals surface area contributed by atoms with Gasteiger partial charge in [-0.25, -0.2) is 0 Å². The molecule has 0 saturated heterocycles. The van der Waals surface area contributed by atoms with E-state index in [4.69, 9.17) is 7.85 Å². The SMILES string of the molecule is [B]c1cnc(C2CCCCC2)s1. The van der Waals surface area contributed by atoms with E-state index < -0.39 is 0 Å². The van der Waals surface area contributed by atoms with E-state index in [9.17, 15) is 0 Å². The molecule has 1 aliphatic rings. The first-order valence-corrected chi connectivity index (χ1v) is 5.39. The van der Waals surface area contributed by atoms with Gasteiger partial charge in [0.05, 0.1) is 5.01 Å². The predicted molar refractivity (Wildman–Crippen MR) is 53.3 cm³/mol. The Labute approximate surface area is 78.6 Å². The predicted octanol–water partition coefficient (Wildman–Crippen LogP) is 1.98. The van der Waals surface area contributed by atoms with Crippen molar-refractivity contribution >= 4 is 24.0 Å². The molecule has 3 heteroatoms. The highest BCUT2D eigenvalue weighted by atomic mass is 32.1. The van der Waals surface area contributed by atoms with Gasteiger partial charge in [-0.2, -0.15) is 0 Å². The zero-order valence-corrected chi connectivity index (χ0v) is 7.94. The summed E-state index contributed by atoms with van der Waals surface area (Å²) in [5, 5.41) is 1.26. The molecule has 0 aromatic carbocycles. The van der Waals surface area contributed by atoms with Crippen LogP contribution in [0.1, 0.15) is 43.0 Å². The fourth-order valence-electron chi connectivity index (χ4n) is 1.84. The van der Waals surface area contributed by atoms with Gasteiger partial charge in [0.15, 0.2) is 0 Å². The number of hydrogen-bond acceptors (Lipinski definition) is 2. The molecule has 1 nitrogen and oxygen atoms in total. The summed E-state index contributed by atoms with van der Waals surface area (Å²) in [7, 11) is 5.64. The Balaban J connectivity index is 2.08. The molecule has 62 valence electrons. The van der Waals surface area contributed by atoms with Crippen molar-refractivity contribution in [2.24, 2.45) is 0 Å². The summed E-state index contributed by atoms with van der Waals surface area (Å²) in [5.74, 6) is 0.709. The molecule has 0 unspecified atom stereocenters. The molecule has 2 radical (unpaired) electrons. The highest BCUT2D eigenvalue weighted by molar-refractivity contribution is 7.19. The molecule has 2 rings (SSSR count). The number of hydrogen-bond donors (Lipinski definition) is 0. The smallest absolute Gasteiger partial charge is 0.131 e. The number of nitrogens with zero attached hydrogens (tertiary/aromatic N) is 1. The molecule has 0 atom stereocenters. The molecular weight excluding hydrogens is 165 g/mol. The van der Waals surface area contributed by atoms with E-state index in [2.05, 4.69) is 4.98 Å². The molecule has 0 aliphatic heterocycles. The Morgan fingerprint density at radius 1 is 1.33 bits per heavy atom.